The van der Waals surface area contributed by atoms with Gasteiger partial charge in [0.1, 0.15) is 6.07 Å². The highest BCUT2D eigenvalue weighted by atomic mass is 14.9. The largest absolute Gasteiger partial charge is 0.247 e. The molecule has 4 aromatic rings. The first-order valence-corrected chi connectivity index (χ1v) is 8.19. The molecule has 122 valence electrons. The first-order chi connectivity index (χ1) is 12.8. The second kappa shape index (κ2) is 6.96. The molecule has 4 rings (SSSR count). The molecule has 0 aliphatic rings. The van der Waals surface area contributed by atoms with Crippen LogP contribution in [0.5, 0.6) is 0 Å². The molecule has 0 radical (unpaired) electrons. The van der Waals surface area contributed by atoms with Gasteiger partial charge in [0, 0.05) is 28.9 Å². The Morgan fingerprint density at radius 2 is 1.58 bits per heavy atom. The molecule has 0 fully saturated rings. The number of allylic oxidation sites excluding steroid dienone is 1. The van der Waals surface area contributed by atoms with Gasteiger partial charge in [0.25, 0.3) is 0 Å². The van der Waals surface area contributed by atoms with E-state index in [2.05, 4.69) is 21.0 Å². The van der Waals surface area contributed by atoms with Gasteiger partial charge in [0.2, 0.25) is 0 Å². The summed E-state index contributed by atoms with van der Waals surface area (Å²) >= 11 is 0. The maximum atomic E-state index is 9.55. The topological polar surface area (TPSA) is 62.5 Å². The van der Waals surface area contributed by atoms with Crippen molar-refractivity contribution in [2.45, 2.75) is 0 Å². The van der Waals surface area contributed by atoms with Crippen LogP contribution in [-0.2, 0) is 0 Å². The third kappa shape index (κ3) is 3.19. The average Bonchev–Trinajstić information content (AvgIpc) is 2.73. The Balaban J connectivity index is 1.67. The highest BCUT2D eigenvalue weighted by Crippen LogP contribution is 2.20. The van der Waals surface area contributed by atoms with Crippen molar-refractivity contribution in [2.75, 3.05) is 0 Å². The lowest BCUT2D eigenvalue weighted by atomic mass is 10.1. The highest BCUT2D eigenvalue weighted by molar-refractivity contribution is 5.90. The number of hydrogen-bond acceptors (Lipinski definition) is 4. The molecule has 0 N–H and O–H groups in total. The van der Waals surface area contributed by atoms with Crippen molar-refractivity contribution in [3.8, 4) is 17.5 Å². The Morgan fingerprint density at radius 1 is 0.846 bits per heavy atom. The molecule has 4 nitrogen and oxygen atoms in total. The summed E-state index contributed by atoms with van der Waals surface area (Å²) in [5, 5.41) is 10.6. The predicted molar refractivity (Wildman–Crippen MR) is 103 cm³/mol. The van der Waals surface area contributed by atoms with Gasteiger partial charge < -0.3 is 0 Å². The van der Waals surface area contributed by atoms with Crippen molar-refractivity contribution in [1.29, 1.82) is 5.26 Å². The van der Waals surface area contributed by atoms with E-state index in [9.17, 15) is 5.26 Å². The van der Waals surface area contributed by atoms with Gasteiger partial charge in [-0.1, -0.05) is 54.6 Å². The van der Waals surface area contributed by atoms with Gasteiger partial charge >= 0.3 is 0 Å². The van der Waals surface area contributed by atoms with E-state index in [1.807, 2.05) is 66.7 Å². The van der Waals surface area contributed by atoms with Crippen LogP contribution in [0.2, 0.25) is 0 Å². The standard InChI is InChI=1S/C22H14N4/c23-13-19(21-11-10-17-6-4-5-9-20(17)26-21)12-16-14-24-22(25-15-16)18-7-2-1-3-8-18/h1-12,14-15H/b19-12-. The third-order valence-electron chi connectivity index (χ3n) is 4.01. The van der Waals surface area contributed by atoms with Crippen LogP contribution >= 0.6 is 0 Å². The molecule has 0 saturated heterocycles. The fourth-order valence-electron chi connectivity index (χ4n) is 2.70. The molecular weight excluding hydrogens is 320 g/mol. The molecule has 0 atom stereocenters. The molecule has 2 aromatic carbocycles. The van der Waals surface area contributed by atoms with E-state index < -0.39 is 0 Å². The Bertz CT molecular complexity index is 1120. The van der Waals surface area contributed by atoms with Crippen LogP contribution in [0.4, 0.5) is 0 Å². The summed E-state index contributed by atoms with van der Waals surface area (Å²) in [5.74, 6) is 0.657. The van der Waals surface area contributed by atoms with Crippen molar-refractivity contribution in [3.63, 3.8) is 0 Å². The molecule has 0 spiro atoms. The highest BCUT2D eigenvalue weighted by Gasteiger charge is 2.06. The average molecular weight is 334 g/mol. The number of fused-ring (bicyclic) bond motifs is 1. The zero-order valence-corrected chi connectivity index (χ0v) is 13.9. The lowest BCUT2D eigenvalue weighted by Crippen LogP contribution is -1.91. The summed E-state index contributed by atoms with van der Waals surface area (Å²) in [5.41, 5.74) is 3.70. The molecule has 2 aromatic heterocycles. The SMILES string of the molecule is N#C/C(=C/c1cnc(-c2ccccc2)nc1)c1ccc2ccccc2n1. The van der Waals surface area contributed by atoms with Crippen LogP contribution in [0.1, 0.15) is 11.3 Å². The molecule has 0 amide bonds. The van der Waals surface area contributed by atoms with Crippen LogP contribution in [0.15, 0.2) is 79.1 Å². The van der Waals surface area contributed by atoms with E-state index >= 15 is 0 Å². The van der Waals surface area contributed by atoms with E-state index in [4.69, 9.17) is 0 Å². The van der Waals surface area contributed by atoms with Gasteiger partial charge in [-0.3, -0.25) is 0 Å². The maximum absolute atomic E-state index is 9.55. The van der Waals surface area contributed by atoms with E-state index in [1.165, 1.54) is 0 Å². The number of aromatic nitrogens is 3. The normalized spacial score (nSPS) is 11.3. The molecule has 26 heavy (non-hydrogen) atoms. The zero-order valence-electron chi connectivity index (χ0n) is 13.9. The van der Waals surface area contributed by atoms with Gasteiger partial charge in [-0.15, -0.1) is 0 Å². The molecule has 2 heterocycles. The second-order valence-electron chi connectivity index (χ2n) is 5.77. The van der Waals surface area contributed by atoms with Gasteiger partial charge in [-0.2, -0.15) is 5.26 Å². The van der Waals surface area contributed by atoms with Crippen molar-refractivity contribution in [3.05, 3.63) is 90.4 Å². The van der Waals surface area contributed by atoms with Crippen molar-refractivity contribution in [1.82, 2.24) is 15.0 Å². The fraction of sp³-hybridized carbons (Fsp3) is 0. The smallest absolute Gasteiger partial charge is 0.159 e. The fourth-order valence-corrected chi connectivity index (χ4v) is 2.70. The number of pyridine rings is 1. The first-order valence-electron chi connectivity index (χ1n) is 8.19. The van der Waals surface area contributed by atoms with Crippen LogP contribution in [-0.4, -0.2) is 15.0 Å². The number of nitrogens with zero attached hydrogens (tertiary/aromatic N) is 4. The van der Waals surface area contributed by atoms with Crippen LogP contribution in [0, 0.1) is 11.3 Å². The minimum Gasteiger partial charge on any atom is -0.247 e. The number of rotatable bonds is 3. The van der Waals surface area contributed by atoms with Gasteiger partial charge in [-0.05, 0) is 18.2 Å². The lowest BCUT2D eigenvalue weighted by molar-refractivity contribution is 1.17. The first kappa shape index (κ1) is 15.7. The monoisotopic (exact) mass is 334 g/mol. The summed E-state index contributed by atoms with van der Waals surface area (Å²) in [7, 11) is 0. The molecule has 0 saturated carbocycles. The maximum Gasteiger partial charge on any atom is 0.159 e. The lowest BCUT2D eigenvalue weighted by Gasteiger charge is -2.03. The van der Waals surface area contributed by atoms with Crippen molar-refractivity contribution < 1.29 is 0 Å². The van der Waals surface area contributed by atoms with Crippen LogP contribution < -0.4 is 0 Å². The summed E-state index contributed by atoms with van der Waals surface area (Å²) in [6.45, 7) is 0. The zero-order chi connectivity index (χ0) is 17.8. The van der Waals surface area contributed by atoms with E-state index in [1.54, 1.807) is 18.5 Å². The van der Waals surface area contributed by atoms with E-state index in [0.29, 0.717) is 17.1 Å². The molecule has 0 bridgehead atoms. The van der Waals surface area contributed by atoms with Gasteiger partial charge in [0.05, 0.1) is 16.8 Å². The molecule has 0 aliphatic heterocycles. The van der Waals surface area contributed by atoms with Crippen LogP contribution in [0.25, 0.3) is 33.9 Å². The minimum atomic E-state index is 0.479. The Morgan fingerprint density at radius 3 is 2.35 bits per heavy atom. The summed E-state index contributed by atoms with van der Waals surface area (Å²) < 4.78 is 0. The molecule has 4 heteroatoms. The Kier molecular flexibility index (Phi) is 4.19. The number of nitriles is 1. The molecule has 0 unspecified atom stereocenters. The number of benzene rings is 2. The van der Waals surface area contributed by atoms with Crippen LogP contribution in [0.3, 0.4) is 0 Å². The van der Waals surface area contributed by atoms with Gasteiger partial charge in [0.15, 0.2) is 5.82 Å². The van der Waals surface area contributed by atoms with E-state index in [0.717, 1.165) is 22.0 Å². The Hall–Kier alpha value is -3.84. The van der Waals surface area contributed by atoms with Gasteiger partial charge in [-0.25, -0.2) is 15.0 Å². The van der Waals surface area contributed by atoms with Crippen molar-refractivity contribution in [2.24, 2.45) is 0 Å². The predicted octanol–water partition coefficient (Wildman–Crippen LogP) is 4.76. The quantitative estimate of drug-likeness (QED) is 0.507. The van der Waals surface area contributed by atoms with Crippen molar-refractivity contribution >= 4 is 22.6 Å². The summed E-state index contributed by atoms with van der Waals surface area (Å²) in [4.78, 5) is 13.4. The molecule has 0 aliphatic carbocycles. The van der Waals surface area contributed by atoms with E-state index in [-0.39, 0.29) is 0 Å². The number of para-hydroxylation sites is 1. The molecular formula is C22H14N4. The number of hydrogen-bond donors (Lipinski definition) is 0. The Labute approximate surface area is 151 Å². The second-order valence-corrected chi connectivity index (χ2v) is 5.77. The minimum absolute atomic E-state index is 0.479. The summed E-state index contributed by atoms with van der Waals surface area (Å²) in [6.07, 6.45) is 5.19. The third-order valence-corrected chi connectivity index (χ3v) is 4.01. The summed E-state index contributed by atoms with van der Waals surface area (Å²) in [6, 6.07) is 23.7.